The van der Waals surface area contributed by atoms with Crippen LogP contribution in [0.25, 0.3) is 0 Å². The predicted molar refractivity (Wildman–Crippen MR) is 84.8 cm³/mol. The van der Waals surface area contributed by atoms with Crippen LogP contribution < -0.4 is 5.32 Å². The summed E-state index contributed by atoms with van der Waals surface area (Å²) in [7, 11) is -2.86. The van der Waals surface area contributed by atoms with Gasteiger partial charge >= 0.3 is 0 Å². The second kappa shape index (κ2) is 6.43. The van der Waals surface area contributed by atoms with Crippen molar-refractivity contribution in [3.8, 4) is 0 Å². The van der Waals surface area contributed by atoms with Gasteiger partial charge in [-0.1, -0.05) is 18.5 Å². The van der Waals surface area contributed by atoms with Gasteiger partial charge in [0.05, 0.1) is 20.3 Å². The van der Waals surface area contributed by atoms with Crippen molar-refractivity contribution in [3.05, 3.63) is 19.8 Å². The summed E-state index contributed by atoms with van der Waals surface area (Å²) in [4.78, 5) is 1.12. The number of sulfone groups is 1. The van der Waals surface area contributed by atoms with Gasteiger partial charge < -0.3 is 5.32 Å². The standard InChI is InChI=1S/C12H17BrClNO2S2/c1-2-4-15-11(8-3-5-19(16,17)7-8)10-6-9(14)12(13)18-10/h6,8,11,15H,2-5,7H2,1H3. The van der Waals surface area contributed by atoms with Crippen LogP contribution in [-0.2, 0) is 9.84 Å². The average molecular weight is 387 g/mol. The normalized spacial score (nSPS) is 23.6. The minimum atomic E-state index is -2.86. The Bertz CT molecular complexity index is 524. The molecule has 3 nitrogen and oxygen atoms in total. The fraction of sp³-hybridized carbons (Fsp3) is 0.667. The highest BCUT2D eigenvalue weighted by atomic mass is 79.9. The number of rotatable bonds is 5. The molecule has 2 unspecified atom stereocenters. The van der Waals surface area contributed by atoms with E-state index >= 15 is 0 Å². The fourth-order valence-corrected chi connectivity index (χ4v) is 6.16. The summed E-state index contributed by atoms with van der Waals surface area (Å²) in [5.41, 5.74) is 0. The summed E-state index contributed by atoms with van der Waals surface area (Å²) >= 11 is 11.1. The molecule has 0 amide bonds. The molecular weight excluding hydrogens is 370 g/mol. The Morgan fingerprint density at radius 1 is 1.63 bits per heavy atom. The van der Waals surface area contributed by atoms with E-state index in [1.807, 2.05) is 6.07 Å². The van der Waals surface area contributed by atoms with E-state index in [4.69, 9.17) is 11.6 Å². The zero-order chi connectivity index (χ0) is 14.0. The molecule has 0 aromatic carbocycles. The van der Waals surface area contributed by atoms with E-state index in [0.29, 0.717) is 10.8 Å². The molecule has 1 saturated heterocycles. The molecule has 19 heavy (non-hydrogen) atoms. The first kappa shape index (κ1) is 15.8. The Morgan fingerprint density at radius 3 is 2.84 bits per heavy atom. The summed E-state index contributed by atoms with van der Waals surface area (Å²) in [6.45, 7) is 2.99. The second-order valence-electron chi connectivity index (χ2n) is 4.87. The van der Waals surface area contributed by atoms with Gasteiger partial charge in [-0.2, -0.15) is 0 Å². The smallest absolute Gasteiger partial charge is 0.150 e. The third-order valence-electron chi connectivity index (χ3n) is 3.32. The lowest BCUT2D eigenvalue weighted by atomic mass is 9.97. The van der Waals surface area contributed by atoms with Crippen molar-refractivity contribution in [1.82, 2.24) is 5.32 Å². The number of halogens is 2. The molecule has 0 spiro atoms. The van der Waals surface area contributed by atoms with Crippen molar-refractivity contribution in [1.29, 1.82) is 0 Å². The Hall–Kier alpha value is 0.380. The Balaban J connectivity index is 2.21. The van der Waals surface area contributed by atoms with Gasteiger partial charge in [0.2, 0.25) is 0 Å². The molecule has 0 aliphatic carbocycles. The molecule has 2 heterocycles. The molecule has 1 N–H and O–H groups in total. The first-order chi connectivity index (χ1) is 8.93. The number of thiophene rings is 1. The Kier molecular flexibility index (Phi) is 5.34. The Labute approximate surface area is 131 Å². The van der Waals surface area contributed by atoms with E-state index in [1.165, 1.54) is 0 Å². The van der Waals surface area contributed by atoms with Gasteiger partial charge in [-0.05, 0) is 47.3 Å². The molecule has 0 bridgehead atoms. The predicted octanol–water partition coefficient (Wildman–Crippen LogP) is 3.64. The first-order valence-electron chi connectivity index (χ1n) is 6.31. The number of hydrogen-bond acceptors (Lipinski definition) is 4. The van der Waals surface area contributed by atoms with Gasteiger partial charge in [-0.25, -0.2) is 8.42 Å². The second-order valence-corrected chi connectivity index (χ2v) is 9.90. The van der Waals surface area contributed by atoms with Crippen molar-refractivity contribution < 1.29 is 8.42 Å². The van der Waals surface area contributed by atoms with Gasteiger partial charge in [0.25, 0.3) is 0 Å². The molecule has 1 aliphatic rings. The van der Waals surface area contributed by atoms with Crippen molar-refractivity contribution in [2.75, 3.05) is 18.1 Å². The first-order valence-corrected chi connectivity index (χ1v) is 10.1. The monoisotopic (exact) mass is 385 g/mol. The van der Waals surface area contributed by atoms with E-state index in [9.17, 15) is 8.42 Å². The highest BCUT2D eigenvalue weighted by Crippen LogP contribution is 2.40. The summed E-state index contributed by atoms with van der Waals surface area (Å²) in [6, 6.07) is 2.03. The van der Waals surface area contributed by atoms with Crippen LogP contribution in [0.2, 0.25) is 5.02 Å². The fourth-order valence-electron chi connectivity index (χ4n) is 2.40. The maximum absolute atomic E-state index is 11.7. The van der Waals surface area contributed by atoms with E-state index in [-0.39, 0.29) is 17.7 Å². The molecule has 0 saturated carbocycles. The average Bonchev–Trinajstić information content (AvgIpc) is 2.84. The number of nitrogens with one attached hydrogen (secondary N) is 1. The van der Waals surface area contributed by atoms with Crippen LogP contribution in [0.3, 0.4) is 0 Å². The van der Waals surface area contributed by atoms with E-state index < -0.39 is 9.84 Å². The lowest BCUT2D eigenvalue weighted by Gasteiger charge is -2.22. The minimum Gasteiger partial charge on any atom is -0.309 e. The molecule has 2 rings (SSSR count). The summed E-state index contributed by atoms with van der Waals surface area (Å²) in [5.74, 6) is 0.738. The molecule has 1 aromatic rings. The quantitative estimate of drug-likeness (QED) is 0.840. The lowest BCUT2D eigenvalue weighted by Crippen LogP contribution is -2.29. The minimum absolute atomic E-state index is 0.0889. The molecule has 1 fully saturated rings. The van der Waals surface area contributed by atoms with Gasteiger partial charge in [0, 0.05) is 10.9 Å². The molecule has 2 atom stereocenters. The molecule has 1 aliphatic heterocycles. The van der Waals surface area contributed by atoms with E-state index in [0.717, 1.165) is 28.0 Å². The molecule has 7 heteroatoms. The van der Waals surface area contributed by atoms with E-state index in [2.05, 4.69) is 28.2 Å². The largest absolute Gasteiger partial charge is 0.309 e. The molecule has 1 aromatic heterocycles. The Morgan fingerprint density at radius 2 is 2.37 bits per heavy atom. The summed E-state index contributed by atoms with van der Waals surface area (Å²) in [5, 5.41) is 4.17. The van der Waals surface area contributed by atoms with Gasteiger partial charge in [0.15, 0.2) is 9.84 Å². The van der Waals surface area contributed by atoms with Crippen LogP contribution >= 0.6 is 38.9 Å². The van der Waals surface area contributed by atoms with Crippen molar-refractivity contribution >= 4 is 48.7 Å². The molecular formula is C12H17BrClNO2S2. The lowest BCUT2D eigenvalue weighted by molar-refractivity contribution is 0.398. The SMILES string of the molecule is CCCNC(c1cc(Cl)c(Br)s1)C1CCS(=O)(=O)C1. The molecule has 0 radical (unpaired) electrons. The van der Waals surface area contributed by atoms with Crippen molar-refractivity contribution in [2.24, 2.45) is 5.92 Å². The van der Waals surface area contributed by atoms with Crippen LogP contribution in [-0.4, -0.2) is 26.5 Å². The molecule has 108 valence electrons. The van der Waals surface area contributed by atoms with Crippen molar-refractivity contribution in [3.63, 3.8) is 0 Å². The van der Waals surface area contributed by atoms with Crippen molar-refractivity contribution in [2.45, 2.75) is 25.8 Å². The van der Waals surface area contributed by atoms with E-state index in [1.54, 1.807) is 11.3 Å². The van der Waals surface area contributed by atoms with Crippen LogP contribution in [0.15, 0.2) is 9.85 Å². The van der Waals surface area contributed by atoms with Crippen LogP contribution in [0.1, 0.15) is 30.7 Å². The maximum Gasteiger partial charge on any atom is 0.150 e. The zero-order valence-electron chi connectivity index (χ0n) is 10.7. The highest BCUT2D eigenvalue weighted by Gasteiger charge is 2.35. The number of hydrogen-bond donors (Lipinski definition) is 1. The van der Waals surface area contributed by atoms with Gasteiger partial charge in [-0.3, -0.25) is 0 Å². The summed E-state index contributed by atoms with van der Waals surface area (Å²) < 4.78 is 24.2. The zero-order valence-corrected chi connectivity index (χ0v) is 14.6. The maximum atomic E-state index is 11.7. The topological polar surface area (TPSA) is 46.2 Å². The highest BCUT2D eigenvalue weighted by molar-refractivity contribution is 9.11. The summed E-state index contributed by atoms with van der Waals surface area (Å²) in [6.07, 6.45) is 1.76. The van der Waals surface area contributed by atoms with Crippen LogP contribution in [0.4, 0.5) is 0 Å². The van der Waals surface area contributed by atoms with Gasteiger partial charge in [-0.15, -0.1) is 11.3 Å². The third-order valence-corrected chi connectivity index (χ3v) is 7.68. The van der Waals surface area contributed by atoms with Gasteiger partial charge in [0.1, 0.15) is 0 Å². The van der Waals surface area contributed by atoms with Crippen LogP contribution in [0.5, 0.6) is 0 Å². The van der Waals surface area contributed by atoms with Crippen LogP contribution in [0, 0.1) is 5.92 Å². The third kappa shape index (κ3) is 3.94.